The van der Waals surface area contributed by atoms with Gasteiger partial charge in [-0.3, -0.25) is 4.79 Å². The molecule has 0 N–H and O–H groups in total. The molecular formula is C39H64O3. The highest BCUT2D eigenvalue weighted by molar-refractivity contribution is 5.92. The van der Waals surface area contributed by atoms with Gasteiger partial charge in [0.25, 0.3) is 0 Å². The summed E-state index contributed by atoms with van der Waals surface area (Å²) in [6, 6.07) is 0. The van der Waals surface area contributed by atoms with E-state index in [1.807, 2.05) is 25.2 Å². The van der Waals surface area contributed by atoms with Crippen LogP contribution in [0.5, 0.6) is 0 Å². The molecule has 0 aromatic carbocycles. The maximum absolute atomic E-state index is 12.1. The van der Waals surface area contributed by atoms with Crippen molar-refractivity contribution in [3.05, 3.63) is 58.7 Å². The topological polar surface area (TPSA) is 43.4 Å². The normalized spacial score (nSPS) is 16.1. The molecule has 1 aliphatic rings. The Morgan fingerprint density at radius 3 is 1.81 bits per heavy atom. The summed E-state index contributed by atoms with van der Waals surface area (Å²) in [7, 11) is 0. The van der Waals surface area contributed by atoms with Crippen LogP contribution in [0.3, 0.4) is 0 Å². The summed E-state index contributed by atoms with van der Waals surface area (Å²) in [4.78, 5) is 24.2. The molecule has 0 bridgehead atoms. The summed E-state index contributed by atoms with van der Waals surface area (Å²) in [5, 5.41) is 0. The van der Waals surface area contributed by atoms with Gasteiger partial charge in [0.15, 0.2) is 0 Å². The van der Waals surface area contributed by atoms with Crippen LogP contribution in [-0.2, 0) is 14.3 Å². The fourth-order valence-corrected chi connectivity index (χ4v) is 5.88. The predicted molar refractivity (Wildman–Crippen MR) is 181 cm³/mol. The second-order valence-corrected chi connectivity index (χ2v) is 13.3. The van der Waals surface area contributed by atoms with E-state index in [2.05, 4.69) is 46.8 Å². The number of rotatable bonds is 22. The highest BCUT2D eigenvalue weighted by Crippen LogP contribution is 2.40. The number of ether oxygens (including phenoxy) is 1. The zero-order chi connectivity index (χ0) is 31.1. The molecule has 3 heteroatoms. The van der Waals surface area contributed by atoms with E-state index in [-0.39, 0.29) is 5.41 Å². The summed E-state index contributed by atoms with van der Waals surface area (Å²) in [6.45, 7) is 13.1. The van der Waals surface area contributed by atoms with Crippen molar-refractivity contribution < 1.29 is 14.3 Å². The lowest BCUT2D eigenvalue weighted by Crippen LogP contribution is -2.19. The number of hydrogen-bond acceptors (Lipinski definition) is 3. The Balaban J connectivity index is 2.14. The second-order valence-electron chi connectivity index (χ2n) is 13.3. The van der Waals surface area contributed by atoms with Crippen LogP contribution in [0, 0.1) is 5.41 Å². The van der Waals surface area contributed by atoms with Crippen molar-refractivity contribution in [1.29, 1.82) is 0 Å². The largest absolute Gasteiger partial charge is 0.390 e. The minimum atomic E-state index is -0.582. The van der Waals surface area contributed by atoms with E-state index in [1.165, 1.54) is 120 Å². The molecule has 0 atom stereocenters. The first-order valence-electron chi connectivity index (χ1n) is 17.3. The Hall–Kier alpha value is -2.16. The lowest BCUT2D eigenvalue weighted by Gasteiger charge is -2.32. The number of esters is 2. The summed E-state index contributed by atoms with van der Waals surface area (Å²) < 4.78 is 4.99. The van der Waals surface area contributed by atoms with Crippen molar-refractivity contribution in [2.75, 3.05) is 0 Å². The van der Waals surface area contributed by atoms with Crippen LogP contribution in [0.1, 0.15) is 170 Å². The SMILES string of the molecule is CCCCCCCCCCCCCCCCCCC(=O)OC(=O)/C=C(C)/C=C/C=C(C)/C=C/C1=C(C)CCCC1(C)C. The molecule has 0 unspecified atom stereocenters. The standard InChI is InChI=1S/C39H64O3/c1-7-8-9-10-11-12-13-14-15-16-17-18-19-20-21-22-28-37(40)42-38(41)32-34(3)26-23-25-33(2)29-30-36-35(4)27-24-31-39(36,5)6/h23,25-26,29-30,32H,7-22,24,27-28,31H2,1-6H3/b26-23+,30-29+,33-25+,34-32+. The Morgan fingerprint density at radius 1 is 0.762 bits per heavy atom. The van der Waals surface area contributed by atoms with Crippen LogP contribution in [-0.4, -0.2) is 11.9 Å². The highest BCUT2D eigenvalue weighted by Gasteiger charge is 2.26. The molecule has 0 aromatic rings. The number of allylic oxidation sites excluding steroid dienone is 9. The van der Waals surface area contributed by atoms with Crippen molar-refractivity contribution in [3.8, 4) is 0 Å². The molecule has 42 heavy (non-hydrogen) atoms. The van der Waals surface area contributed by atoms with Gasteiger partial charge in [-0.05, 0) is 63.0 Å². The monoisotopic (exact) mass is 580 g/mol. The minimum Gasteiger partial charge on any atom is -0.390 e. The first-order valence-corrected chi connectivity index (χ1v) is 17.3. The molecule has 1 rings (SSSR count). The van der Waals surface area contributed by atoms with Gasteiger partial charge in [0.1, 0.15) is 0 Å². The van der Waals surface area contributed by atoms with Gasteiger partial charge in [0.05, 0.1) is 0 Å². The number of carbonyl (C=O) groups excluding carboxylic acids is 2. The van der Waals surface area contributed by atoms with E-state index >= 15 is 0 Å². The van der Waals surface area contributed by atoms with Gasteiger partial charge in [0, 0.05) is 12.5 Å². The lowest BCUT2D eigenvalue weighted by atomic mass is 9.72. The van der Waals surface area contributed by atoms with E-state index in [0.29, 0.717) is 6.42 Å². The average Bonchev–Trinajstić information content (AvgIpc) is 2.92. The third-order valence-electron chi connectivity index (χ3n) is 8.57. The zero-order valence-corrected chi connectivity index (χ0v) is 28.3. The van der Waals surface area contributed by atoms with Crippen molar-refractivity contribution >= 4 is 11.9 Å². The fraction of sp³-hybridized carbons (Fsp3) is 0.692. The Labute approximate surface area is 260 Å². The molecule has 0 radical (unpaired) electrons. The predicted octanol–water partition coefficient (Wildman–Crippen LogP) is 12.2. The third-order valence-corrected chi connectivity index (χ3v) is 8.57. The van der Waals surface area contributed by atoms with Gasteiger partial charge in [-0.15, -0.1) is 0 Å². The molecule has 3 nitrogen and oxygen atoms in total. The van der Waals surface area contributed by atoms with Crippen LogP contribution in [0.15, 0.2) is 58.7 Å². The summed E-state index contributed by atoms with van der Waals surface area (Å²) in [5.74, 6) is -1.00. The molecule has 0 saturated heterocycles. The van der Waals surface area contributed by atoms with Crippen LogP contribution in [0.4, 0.5) is 0 Å². The van der Waals surface area contributed by atoms with E-state index in [0.717, 1.165) is 30.4 Å². The Bertz CT molecular complexity index is 925. The molecule has 0 aliphatic heterocycles. The van der Waals surface area contributed by atoms with Crippen LogP contribution < -0.4 is 0 Å². The summed E-state index contributed by atoms with van der Waals surface area (Å²) >= 11 is 0. The third kappa shape index (κ3) is 19.1. The van der Waals surface area contributed by atoms with Gasteiger partial charge >= 0.3 is 11.9 Å². The van der Waals surface area contributed by atoms with E-state index in [4.69, 9.17) is 4.74 Å². The first kappa shape index (κ1) is 37.9. The number of hydrogen-bond donors (Lipinski definition) is 0. The van der Waals surface area contributed by atoms with Crippen LogP contribution >= 0.6 is 0 Å². The van der Waals surface area contributed by atoms with Crippen LogP contribution in [0.25, 0.3) is 0 Å². The van der Waals surface area contributed by atoms with E-state index < -0.39 is 11.9 Å². The average molecular weight is 581 g/mol. The quantitative estimate of drug-likeness (QED) is 0.0420. The highest BCUT2D eigenvalue weighted by atomic mass is 16.6. The zero-order valence-electron chi connectivity index (χ0n) is 28.3. The molecule has 0 heterocycles. The lowest BCUT2D eigenvalue weighted by molar-refractivity contribution is -0.156. The second kappa shape index (κ2) is 23.3. The van der Waals surface area contributed by atoms with E-state index in [9.17, 15) is 9.59 Å². The molecule has 0 saturated carbocycles. The molecule has 0 fully saturated rings. The van der Waals surface area contributed by atoms with E-state index in [1.54, 1.807) is 0 Å². The molecule has 0 amide bonds. The smallest absolute Gasteiger partial charge is 0.338 e. The summed E-state index contributed by atoms with van der Waals surface area (Å²) in [6.07, 6.45) is 36.4. The Morgan fingerprint density at radius 2 is 1.29 bits per heavy atom. The van der Waals surface area contributed by atoms with Crippen LogP contribution in [0.2, 0.25) is 0 Å². The first-order chi connectivity index (χ1) is 20.2. The minimum absolute atomic E-state index is 0.234. The maximum atomic E-state index is 12.1. The van der Waals surface area contributed by atoms with Crippen molar-refractivity contribution in [2.24, 2.45) is 5.41 Å². The van der Waals surface area contributed by atoms with Gasteiger partial charge < -0.3 is 4.74 Å². The maximum Gasteiger partial charge on any atom is 0.338 e. The number of unbranched alkanes of at least 4 members (excludes halogenated alkanes) is 15. The Kier molecular flexibility index (Phi) is 21.0. The van der Waals surface area contributed by atoms with Gasteiger partial charge in [-0.1, -0.05) is 159 Å². The van der Waals surface area contributed by atoms with Crippen molar-refractivity contribution in [3.63, 3.8) is 0 Å². The van der Waals surface area contributed by atoms with Crippen molar-refractivity contribution in [2.45, 2.75) is 170 Å². The fourth-order valence-electron chi connectivity index (χ4n) is 5.88. The molecular weight excluding hydrogens is 516 g/mol. The van der Waals surface area contributed by atoms with Gasteiger partial charge in [-0.2, -0.15) is 0 Å². The molecule has 1 aliphatic carbocycles. The van der Waals surface area contributed by atoms with Gasteiger partial charge in [0.2, 0.25) is 0 Å². The molecule has 238 valence electrons. The molecule has 0 aromatic heterocycles. The van der Waals surface area contributed by atoms with Crippen molar-refractivity contribution in [1.82, 2.24) is 0 Å². The number of carbonyl (C=O) groups is 2. The molecule has 0 spiro atoms. The van der Waals surface area contributed by atoms with Gasteiger partial charge in [-0.25, -0.2) is 4.79 Å². The summed E-state index contributed by atoms with van der Waals surface area (Å²) in [5.41, 5.74) is 5.09.